The number of hydrogen-bond acceptors (Lipinski definition) is 5. The average molecular weight is 696 g/mol. The van der Waals surface area contributed by atoms with Gasteiger partial charge in [-0.25, -0.2) is 0 Å². The number of alkyl halides is 3. The Hall–Kier alpha value is -5.81. The molecule has 0 radical (unpaired) electrons. The smallest absolute Gasteiger partial charge is 0.416 e. The summed E-state index contributed by atoms with van der Waals surface area (Å²) >= 11 is 1.20. The molecule has 3 N–H and O–H groups in total. The number of carbonyl (C=O) groups is 3. The van der Waals surface area contributed by atoms with Gasteiger partial charge in [-0.05, 0) is 90.9 Å². The van der Waals surface area contributed by atoms with Crippen LogP contribution >= 0.6 is 11.8 Å². The average Bonchev–Trinajstić information content (AvgIpc) is 3.12. The molecular weight excluding hydrogens is 664 g/mol. The first-order chi connectivity index (χ1) is 24.1. The minimum Gasteiger partial charge on any atom is -0.494 e. The lowest BCUT2D eigenvalue weighted by molar-refractivity contribution is -0.137. The second-order valence-corrected chi connectivity index (χ2v) is 12.0. The third kappa shape index (κ3) is 9.86. The summed E-state index contributed by atoms with van der Waals surface area (Å²) in [6.07, 6.45) is -2.99. The van der Waals surface area contributed by atoms with Crippen molar-refractivity contribution in [2.24, 2.45) is 0 Å². The number of amides is 3. The fourth-order valence-corrected chi connectivity index (χ4v) is 5.79. The normalized spacial score (nSPS) is 12.0. The molecule has 5 aromatic carbocycles. The molecule has 0 fully saturated rings. The number of ether oxygens (including phenoxy) is 1. The summed E-state index contributed by atoms with van der Waals surface area (Å²) in [6.45, 7) is 2.39. The Kier molecular flexibility index (Phi) is 11.7. The van der Waals surface area contributed by atoms with Gasteiger partial charge in [-0.2, -0.15) is 13.2 Å². The Morgan fingerprint density at radius 1 is 0.760 bits per heavy atom. The van der Waals surface area contributed by atoms with Crippen molar-refractivity contribution < 1.29 is 32.3 Å². The monoisotopic (exact) mass is 695 g/mol. The van der Waals surface area contributed by atoms with Gasteiger partial charge in [-0.15, -0.1) is 11.8 Å². The zero-order valence-electron chi connectivity index (χ0n) is 26.7. The van der Waals surface area contributed by atoms with Crippen molar-refractivity contribution >= 4 is 46.9 Å². The number of carbonyl (C=O) groups excluding carboxylic acids is 3. The molecule has 1 unspecified atom stereocenters. The zero-order valence-corrected chi connectivity index (χ0v) is 27.6. The van der Waals surface area contributed by atoms with Crippen molar-refractivity contribution in [3.8, 4) is 5.75 Å². The lowest BCUT2D eigenvalue weighted by Gasteiger charge is -2.18. The van der Waals surface area contributed by atoms with Gasteiger partial charge in [-0.3, -0.25) is 14.4 Å². The number of anilines is 2. The highest BCUT2D eigenvalue weighted by molar-refractivity contribution is 8.00. The van der Waals surface area contributed by atoms with Crippen LogP contribution in [0.4, 0.5) is 24.5 Å². The van der Waals surface area contributed by atoms with Gasteiger partial charge in [0.15, 0.2) is 0 Å². The van der Waals surface area contributed by atoms with E-state index < -0.39 is 34.7 Å². The summed E-state index contributed by atoms with van der Waals surface area (Å²) in [6, 6.07) is 35.7. The molecule has 0 aromatic heterocycles. The van der Waals surface area contributed by atoms with Crippen LogP contribution in [0.1, 0.15) is 39.2 Å². The fraction of sp³-hybridized carbons (Fsp3) is 0.103. The van der Waals surface area contributed by atoms with Crippen LogP contribution in [0.5, 0.6) is 5.75 Å². The Morgan fingerprint density at radius 2 is 1.42 bits per heavy atom. The van der Waals surface area contributed by atoms with Crippen LogP contribution in [0.3, 0.4) is 0 Å². The van der Waals surface area contributed by atoms with E-state index >= 15 is 0 Å². The molecule has 5 rings (SSSR count). The zero-order chi connectivity index (χ0) is 35.5. The largest absolute Gasteiger partial charge is 0.494 e. The van der Waals surface area contributed by atoms with Crippen LogP contribution in [0.25, 0.3) is 6.08 Å². The predicted octanol–water partition coefficient (Wildman–Crippen LogP) is 8.99. The maximum atomic E-state index is 13.5. The number of thioether (sulfide) groups is 1. The van der Waals surface area contributed by atoms with E-state index in [-0.39, 0.29) is 11.4 Å². The molecule has 7 nitrogen and oxygen atoms in total. The number of halogens is 3. The summed E-state index contributed by atoms with van der Waals surface area (Å²) in [5.74, 6) is -0.855. The molecule has 0 heterocycles. The van der Waals surface area contributed by atoms with Crippen LogP contribution < -0.4 is 20.7 Å². The van der Waals surface area contributed by atoms with E-state index in [2.05, 4.69) is 16.0 Å². The lowest BCUT2D eigenvalue weighted by atomic mass is 10.1. The van der Waals surface area contributed by atoms with Gasteiger partial charge in [0.2, 0.25) is 5.91 Å². The van der Waals surface area contributed by atoms with E-state index in [4.69, 9.17) is 4.74 Å². The van der Waals surface area contributed by atoms with Crippen LogP contribution in [0.15, 0.2) is 144 Å². The molecule has 0 aliphatic rings. The van der Waals surface area contributed by atoms with Gasteiger partial charge in [0, 0.05) is 21.8 Å². The lowest BCUT2D eigenvalue weighted by Crippen LogP contribution is -2.30. The number of hydrogen-bond donors (Lipinski definition) is 3. The van der Waals surface area contributed by atoms with E-state index in [1.165, 1.54) is 23.9 Å². The van der Waals surface area contributed by atoms with E-state index in [9.17, 15) is 27.6 Å². The van der Waals surface area contributed by atoms with E-state index in [1.807, 2.05) is 6.92 Å². The number of nitrogens with one attached hydrogen (secondary N) is 3. The Labute approximate surface area is 291 Å². The van der Waals surface area contributed by atoms with E-state index in [0.29, 0.717) is 39.6 Å². The highest BCUT2D eigenvalue weighted by atomic mass is 32.2. The maximum Gasteiger partial charge on any atom is 0.416 e. The third-order valence-electron chi connectivity index (χ3n) is 7.19. The van der Waals surface area contributed by atoms with Gasteiger partial charge >= 0.3 is 6.18 Å². The van der Waals surface area contributed by atoms with E-state index in [0.717, 1.165) is 12.1 Å². The highest BCUT2D eigenvalue weighted by Gasteiger charge is 2.31. The van der Waals surface area contributed by atoms with Gasteiger partial charge < -0.3 is 20.7 Å². The molecule has 5 aromatic rings. The first-order valence-corrected chi connectivity index (χ1v) is 16.4. The summed E-state index contributed by atoms with van der Waals surface area (Å²) < 4.78 is 45.3. The first kappa shape index (κ1) is 35.5. The van der Waals surface area contributed by atoms with Crippen molar-refractivity contribution in [3.05, 3.63) is 161 Å². The molecule has 11 heteroatoms. The van der Waals surface area contributed by atoms with E-state index in [1.54, 1.807) is 115 Å². The Bertz CT molecular complexity index is 1950. The minimum absolute atomic E-state index is 0.0110. The molecule has 50 heavy (non-hydrogen) atoms. The second-order valence-electron chi connectivity index (χ2n) is 10.8. The van der Waals surface area contributed by atoms with Crippen molar-refractivity contribution in [2.75, 3.05) is 17.2 Å². The van der Waals surface area contributed by atoms with Gasteiger partial charge in [0.05, 0.1) is 12.2 Å². The molecule has 0 bridgehead atoms. The van der Waals surface area contributed by atoms with Crippen LogP contribution in [0, 0.1) is 0 Å². The molecular formula is C39H32F3N3O4S. The quantitative estimate of drug-likeness (QED) is 0.0895. The summed E-state index contributed by atoms with van der Waals surface area (Å²) in [5, 5.41) is 7.33. The Morgan fingerprint density at radius 3 is 2.06 bits per heavy atom. The standard InChI is InChI=1S/C39H32F3N3O4S/c1-2-49-32-20-16-26(17-21-32)24-34(45-36(46)28-12-7-4-8-13-28)37(47)43-30-18-22-33(23-19-30)50-35(27-10-5-3-6-11-27)38(48)44-31-15-9-14-29(25-31)39(40,41)42/h3-25,35H,2H2,1H3,(H,43,47)(H,44,48)(H,45,46)/b34-24-. The SMILES string of the molecule is CCOc1ccc(/C=C(\NC(=O)c2ccccc2)C(=O)Nc2ccc(SC(C(=O)Nc3cccc(C(F)(F)F)c3)c3ccccc3)cc2)cc1. The van der Waals surface area contributed by atoms with Crippen LogP contribution in [-0.4, -0.2) is 24.3 Å². The van der Waals surface area contributed by atoms with Crippen molar-refractivity contribution in [2.45, 2.75) is 23.2 Å². The third-order valence-corrected chi connectivity index (χ3v) is 8.46. The summed E-state index contributed by atoms with van der Waals surface area (Å²) in [7, 11) is 0. The Balaban J connectivity index is 1.33. The molecule has 1 atom stereocenters. The number of rotatable bonds is 12. The molecule has 0 aliphatic heterocycles. The van der Waals surface area contributed by atoms with Gasteiger partial charge in [0.1, 0.15) is 16.7 Å². The molecule has 3 amide bonds. The highest BCUT2D eigenvalue weighted by Crippen LogP contribution is 2.37. The fourth-order valence-electron chi connectivity index (χ4n) is 4.77. The van der Waals surface area contributed by atoms with Crippen molar-refractivity contribution in [1.82, 2.24) is 5.32 Å². The molecule has 0 saturated heterocycles. The topological polar surface area (TPSA) is 96.5 Å². The van der Waals surface area contributed by atoms with Gasteiger partial charge in [-0.1, -0.05) is 66.7 Å². The van der Waals surface area contributed by atoms with Gasteiger partial charge in [0.25, 0.3) is 11.8 Å². The van der Waals surface area contributed by atoms with Crippen LogP contribution in [-0.2, 0) is 15.8 Å². The molecule has 254 valence electrons. The second kappa shape index (κ2) is 16.5. The maximum absolute atomic E-state index is 13.5. The molecule has 0 saturated carbocycles. The summed E-state index contributed by atoms with van der Waals surface area (Å²) in [4.78, 5) is 40.6. The first-order valence-electron chi connectivity index (χ1n) is 15.5. The molecule has 0 spiro atoms. The van der Waals surface area contributed by atoms with Crippen LogP contribution in [0.2, 0.25) is 0 Å². The number of benzene rings is 5. The predicted molar refractivity (Wildman–Crippen MR) is 190 cm³/mol. The van der Waals surface area contributed by atoms with Crippen molar-refractivity contribution in [3.63, 3.8) is 0 Å². The molecule has 0 aliphatic carbocycles. The van der Waals surface area contributed by atoms with Crippen molar-refractivity contribution in [1.29, 1.82) is 0 Å². The minimum atomic E-state index is -4.55. The summed E-state index contributed by atoms with van der Waals surface area (Å²) in [5.41, 5.74) is 1.29.